The van der Waals surface area contributed by atoms with Crippen LogP contribution < -0.4 is 60.6 Å². The summed E-state index contributed by atoms with van der Waals surface area (Å²) in [4.78, 5) is 150. The van der Waals surface area contributed by atoms with Crippen molar-refractivity contribution in [2.24, 2.45) is 0 Å². The van der Waals surface area contributed by atoms with Crippen LogP contribution >= 0.6 is 0 Å². The summed E-state index contributed by atoms with van der Waals surface area (Å²) in [6, 6.07) is 65.6. The Morgan fingerprint density at radius 1 is 0.241 bits per heavy atom. The van der Waals surface area contributed by atoms with Crippen molar-refractivity contribution in [1.82, 2.24) is 89.7 Å². The molecule has 0 atom stereocenters. The van der Waals surface area contributed by atoms with Crippen molar-refractivity contribution in [1.29, 1.82) is 0 Å². The van der Waals surface area contributed by atoms with Gasteiger partial charge < -0.3 is 60.6 Å². The summed E-state index contributed by atoms with van der Waals surface area (Å²) in [7, 11) is 3.85. The highest BCUT2D eigenvalue weighted by molar-refractivity contribution is 6.07. The molecule has 6 N–H and O–H groups in total. The van der Waals surface area contributed by atoms with Gasteiger partial charge in [-0.2, -0.15) is 9.97 Å². The van der Waals surface area contributed by atoms with Gasteiger partial charge in [-0.15, -0.1) is 0 Å². The van der Waals surface area contributed by atoms with E-state index in [0.717, 1.165) is 62.0 Å². The number of ether oxygens (including phenoxy) is 4. The second-order valence-corrected chi connectivity index (χ2v) is 30.6. The number of benzene rings is 5. The highest BCUT2D eigenvalue weighted by Gasteiger charge is 2.18. The lowest BCUT2D eigenvalue weighted by Crippen LogP contribution is -2.15. The largest absolute Gasteiger partial charge is 0.454 e. The maximum absolute atomic E-state index is 12.3. The lowest BCUT2D eigenvalue weighted by atomic mass is 10.1. The average Bonchev–Trinajstić information content (AvgIpc) is 0.772. The fourth-order valence-corrected chi connectivity index (χ4v) is 12.6. The number of carbonyl (C=O) groups excluding carboxylic acids is 6. The van der Waals surface area contributed by atoms with E-state index in [1.807, 2.05) is 200 Å². The van der Waals surface area contributed by atoms with Crippen molar-refractivity contribution in [3.8, 4) is 46.4 Å². The number of nitrogens with zero attached hydrogens (tertiary/aromatic N) is 20. The zero-order chi connectivity index (χ0) is 99.0. The molecule has 0 aliphatic heterocycles. The molecule has 36 nitrogen and oxygen atoms in total. The van der Waals surface area contributed by atoms with Gasteiger partial charge in [-0.3, -0.25) is 58.7 Å². The zero-order valence-electron chi connectivity index (χ0n) is 77.6. The summed E-state index contributed by atoms with van der Waals surface area (Å²) in [5.41, 5.74) is 14.8. The van der Waals surface area contributed by atoms with Crippen LogP contribution in [0.2, 0.25) is 0 Å². The van der Waals surface area contributed by atoms with Crippen LogP contribution in [-0.4, -0.2) is 139 Å². The van der Waals surface area contributed by atoms with Gasteiger partial charge in [0.05, 0.1) is 110 Å². The highest BCUT2D eigenvalue weighted by Crippen LogP contribution is 2.30. The molecule has 0 aliphatic rings. The van der Waals surface area contributed by atoms with Gasteiger partial charge in [-0.25, -0.2) is 49.8 Å². The number of hydrogen-bond acceptors (Lipinski definition) is 30. The molecule has 702 valence electrons. The van der Waals surface area contributed by atoms with Crippen molar-refractivity contribution in [3.63, 3.8) is 0 Å². The third-order valence-corrected chi connectivity index (χ3v) is 19.4. The van der Waals surface area contributed by atoms with Crippen molar-refractivity contribution in [2.45, 2.75) is 48.5 Å². The second-order valence-electron chi connectivity index (χ2n) is 30.6. The molecule has 36 heteroatoms. The van der Waals surface area contributed by atoms with Crippen LogP contribution in [0.5, 0.6) is 46.4 Å². The molecule has 13 aromatic heterocycles. The minimum Gasteiger partial charge on any atom is -0.454 e. The molecular weight excluding hydrogens is 1790 g/mol. The van der Waals surface area contributed by atoms with Gasteiger partial charge in [0.25, 0.3) is 35.4 Å². The van der Waals surface area contributed by atoms with Gasteiger partial charge in [0, 0.05) is 126 Å². The van der Waals surface area contributed by atoms with Crippen LogP contribution in [0.3, 0.4) is 0 Å². The zero-order valence-corrected chi connectivity index (χ0v) is 77.6. The number of aryl methyl sites for hydroxylation is 7. The molecule has 0 saturated heterocycles. The molecule has 5 aromatic carbocycles. The molecule has 6 amide bonds. The van der Waals surface area contributed by atoms with Gasteiger partial charge in [0.2, 0.25) is 17.6 Å². The molecule has 0 bridgehead atoms. The summed E-state index contributed by atoms with van der Waals surface area (Å²) in [6.45, 7) is 13.4. The topological polar surface area (TPSA) is 450 Å². The third-order valence-electron chi connectivity index (χ3n) is 19.4. The Kier molecular flexibility index (Phi) is 35.3. The van der Waals surface area contributed by atoms with E-state index in [4.69, 9.17) is 18.9 Å². The van der Waals surface area contributed by atoms with Crippen LogP contribution in [0.4, 0.5) is 57.4 Å². The molecular formula is C105H92N26O10. The molecule has 0 radical (unpaired) electrons. The number of carbonyl (C=O) groups is 6. The molecule has 18 rings (SSSR count). The molecule has 0 fully saturated rings. The van der Waals surface area contributed by atoms with E-state index in [1.165, 1.54) is 68.6 Å². The maximum Gasteiger partial charge on any atom is 0.275 e. The first-order chi connectivity index (χ1) is 68.5. The fourth-order valence-electron chi connectivity index (χ4n) is 12.6. The lowest BCUT2D eigenvalue weighted by molar-refractivity contribution is 0.101. The minimum atomic E-state index is -0.359. The van der Waals surface area contributed by atoms with Gasteiger partial charge in [-0.1, -0.05) is 94.5 Å². The number of aromatic nitrogens is 18. The standard InChI is InChI=1S/C19H18N4O.C18H17N5O.C18H15N3O2.C17H15N5O2.C17H14N4O2.C16H13N5O2/c1-14-5-3-6-15(11-14)19(24)22-18-12-16(8-10-21-18)23(2)17-7-4-9-20-13-17;1-13-4-3-5-14(8-13)18(24)22-17-9-15(6-7-21-17)23(2)16-10-19-12-20-11-16;1-13-4-2-5-14(8-13)18(22)21-15-9-17(12-20-10-15)23-16-6-3-7-19-11-16;1-11-6-7-13(8-19-11)24-16-10-18-9-15(21-16)22-17(23)14-5-3-4-12(2)20-14;1-12-3-2-4-13(7-12)17(22)21-14-5-6-20-16(8-14)23-15-9-18-11-19-10-15;1-11-3-2-4-12(5-11)16(22)21-14-8-17-9-15(20-14)23-13-6-18-10-19-7-13/h3-13H,1-2H3,(H,21,22,24);3-12H,1-2H3,(H,21,22,24);2-12H,1H3,(H,21,22);3-10H,1-2H3,(H,21,22,23);2-11H,1H3,(H,20,21,22);2-10H,1H3,(H,20,21,22). The summed E-state index contributed by atoms with van der Waals surface area (Å²) in [6.07, 6.45) is 36.0. The Balaban J connectivity index is 0.000000142. The number of nitrogens with one attached hydrogen (secondary N) is 6. The normalized spacial score (nSPS) is 10.2. The van der Waals surface area contributed by atoms with Crippen LogP contribution in [-0.2, 0) is 0 Å². The van der Waals surface area contributed by atoms with Gasteiger partial charge in [0.1, 0.15) is 53.6 Å². The highest BCUT2D eigenvalue weighted by atomic mass is 16.5. The quantitative estimate of drug-likeness (QED) is 0.0327. The van der Waals surface area contributed by atoms with Crippen molar-refractivity contribution < 1.29 is 47.7 Å². The number of pyridine rings is 8. The van der Waals surface area contributed by atoms with Gasteiger partial charge in [0.15, 0.2) is 23.1 Å². The first-order valence-corrected chi connectivity index (χ1v) is 43.3. The van der Waals surface area contributed by atoms with Gasteiger partial charge >= 0.3 is 0 Å². The fraction of sp³-hybridized carbons (Fsp3) is 0.0857. The monoisotopic (exact) mass is 1880 g/mol. The maximum atomic E-state index is 12.3. The summed E-state index contributed by atoms with van der Waals surface area (Å²) >= 11 is 0. The van der Waals surface area contributed by atoms with Crippen molar-refractivity contribution in [2.75, 3.05) is 55.8 Å². The summed E-state index contributed by atoms with van der Waals surface area (Å²) in [5, 5.41) is 16.6. The molecule has 13 heterocycles. The number of amides is 6. The van der Waals surface area contributed by atoms with E-state index >= 15 is 0 Å². The molecule has 0 unspecified atom stereocenters. The predicted molar refractivity (Wildman–Crippen MR) is 534 cm³/mol. The molecule has 0 spiro atoms. The van der Waals surface area contributed by atoms with Gasteiger partial charge in [-0.05, 0) is 176 Å². The first kappa shape index (κ1) is 98.8. The SMILES string of the molecule is Cc1ccc(Oc2cncc(NC(=O)c3cccc(C)n3)n2)cn1.Cc1cccc(C(=O)Nc2cc(N(C)c3cccnc3)ccn2)c1.Cc1cccc(C(=O)Nc2cc(N(C)c3cncnc3)ccn2)c1.Cc1cccc(C(=O)Nc2ccnc(Oc3cncnc3)c2)c1.Cc1cccc(C(=O)Nc2cncc(Oc3cccnc3)c2)c1.Cc1cccc(C(=O)Nc2cncc(Oc3cncnc3)n2)c1. The first-order valence-electron chi connectivity index (χ1n) is 43.3. The van der Waals surface area contributed by atoms with E-state index in [-0.39, 0.29) is 53.0 Å². The summed E-state index contributed by atoms with van der Waals surface area (Å²) in [5.74, 6) is 3.65. The Morgan fingerprint density at radius 2 is 0.645 bits per heavy atom. The van der Waals surface area contributed by atoms with E-state index in [2.05, 4.69) is 122 Å². The van der Waals surface area contributed by atoms with E-state index in [1.54, 1.807) is 165 Å². The van der Waals surface area contributed by atoms with Crippen molar-refractivity contribution in [3.05, 3.63) is 434 Å². The van der Waals surface area contributed by atoms with Crippen LogP contribution in [0.15, 0.2) is 361 Å². The van der Waals surface area contributed by atoms with E-state index in [9.17, 15) is 28.8 Å². The Morgan fingerprint density at radius 3 is 1.11 bits per heavy atom. The number of hydrogen-bond donors (Lipinski definition) is 6. The lowest BCUT2D eigenvalue weighted by Gasteiger charge is -2.19. The summed E-state index contributed by atoms with van der Waals surface area (Å²) < 4.78 is 22.2. The molecule has 0 saturated carbocycles. The molecule has 0 aliphatic carbocycles. The minimum absolute atomic E-state index is 0.174. The smallest absolute Gasteiger partial charge is 0.275 e. The van der Waals surface area contributed by atoms with Crippen LogP contribution in [0, 0.1) is 48.5 Å². The van der Waals surface area contributed by atoms with Crippen LogP contribution in [0.25, 0.3) is 0 Å². The number of rotatable bonds is 24. The predicted octanol–water partition coefficient (Wildman–Crippen LogP) is 19.6. The average molecular weight is 1880 g/mol. The van der Waals surface area contributed by atoms with Crippen LogP contribution in [0.1, 0.15) is 101 Å². The Hall–Kier alpha value is -19.7. The second kappa shape index (κ2) is 50.4. The Labute approximate surface area is 810 Å². The van der Waals surface area contributed by atoms with Crippen molar-refractivity contribution >= 4 is 92.8 Å². The van der Waals surface area contributed by atoms with E-state index < -0.39 is 0 Å². The third kappa shape index (κ3) is 31.8. The molecule has 141 heavy (non-hydrogen) atoms. The van der Waals surface area contributed by atoms with E-state index in [0.29, 0.717) is 97.0 Å². The number of anilines is 10. The Bertz CT molecular complexity index is 6770. The molecule has 18 aromatic rings.